The Bertz CT molecular complexity index is 433. The number of rotatable bonds is 5. The summed E-state index contributed by atoms with van der Waals surface area (Å²) in [7, 11) is 0. The quantitative estimate of drug-likeness (QED) is 0.607. The Kier molecular flexibility index (Phi) is 5.13. The molecule has 0 aliphatic carbocycles. The Hall–Kier alpha value is -0.720. The summed E-state index contributed by atoms with van der Waals surface area (Å²) in [6.07, 6.45) is -0.0854. The molecule has 1 aliphatic rings. The summed E-state index contributed by atoms with van der Waals surface area (Å²) in [5.41, 5.74) is 0.420. The molecule has 19 heavy (non-hydrogen) atoms. The van der Waals surface area contributed by atoms with Gasteiger partial charge in [0.1, 0.15) is 12.0 Å². The average Bonchev–Trinajstić information content (AvgIpc) is 2.89. The number of hydrogen-bond acceptors (Lipinski definition) is 4. The molecule has 3 atom stereocenters. The van der Waals surface area contributed by atoms with E-state index in [2.05, 4.69) is 10.6 Å². The van der Waals surface area contributed by atoms with Gasteiger partial charge in [-0.05, 0) is 18.4 Å². The van der Waals surface area contributed by atoms with Gasteiger partial charge in [0.2, 0.25) is 0 Å². The second-order valence-corrected chi connectivity index (χ2v) is 5.24. The molecule has 0 saturated carbocycles. The minimum atomic E-state index is -0.782. The highest BCUT2D eigenvalue weighted by atomic mass is 35.5. The van der Waals surface area contributed by atoms with Gasteiger partial charge in [0, 0.05) is 31.3 Å². The first kappa shape index (κ1) is 14.7. The van der Waals surface area contributed by atoms with Crippen molar-refractivity contribution in [3.63, 3.8) is 0 Å². The molecule has 0 amide bonds. The van der Waals surface area contributed by atoms with Gasteiger partial charge in [-0.25, -0.2) is 4.39 Å². The maximum Gasteiger partial charge on any atom is 0.146 e. The van der Waals surface area contributed by atoms with Crippen LogP contribution in [0.3, 0.4) is 0 Å². The molecule has 4 nitrogen and oxygen atoms in total. The van der Waals surface area contributed by atoms with Crippen molar-refractivity contribution in [1.29, 1.82) is 0 Å². The smallest absolute Gasteiger partial charge is 0.146 e. The van der Waals surface area contributed by atoms with Crippen LogP contribution in [-0.2, 0) is 6.54 Å². The van der Waals surface area contributed by atoms with Crippen molar-refractivity contribution in [1.82, 2.24) is 10.6 Å². The van der Waals surface area contributed by atoms with Crippen LogP contribution in [0.5, 0.6) is 0 Å². The molecule has 1 heterocycles. The summed E-state index contributed by atoms with van der Waals surface area (Å²) in [5.74, 6) is -0.291. The first-order valence-corrected chi connectivity index (χ1v) is 6.68. The predicted octanol–water partition coefficient (Wildman–Crippen LogP) is 0.858. The third kappa shape index (κ3) is 3.64. The predicted molar refractivity (Wildman–Crippen MR) is 71.2 cm³/mol. The van der Waals surface area contributed by atoms with Crippen LogP contribution < -0.4 is 10.6 Å². The topological polar surface area (TPSA) is 64.5 Å². The number of aliphatic hydroxyl groups excluding tert-OH is 2. The molecule has 1 saturated heterocycles. The molecule has 0 bridgehead atoms. The fraction of sp³-hybridized carbons (Fsp3) is 0.538. The lowest BCUT2D eigenvalue weighted by molar-refractivity contribution is 0.0961. The van der Waals surface area contributed by atoms with E-state index in [1.54, 1.807) is 12.1 Å². The van der Waals surface area contributed by atoms with Crippen molar-refractivity contribution >= 4 is 11.6 Å². The van der Waals surface area contributed by atoms with E-state index in [4.69, 9.17) is 16.7 Å². The molecule has 2 rings (SSSR count). The Labute approximate surface area is 116 Å². The molecule has 1 aromatic rings. The van der Waals surface area contributed by atoms with E-state index in [-0.39, 0.29) is 30.1 Å². The molecule has 106 valence electrons. The molecule has 1 fully saturated rings. The highest BCUT2D eigenvalue weighted by Crippen LogP contribution is 2.19. The summed E-state index contributed by atoms with van der Waals surface area (Å²) < 4.78 is 13.6. The normalized spacial score (nSPS) is 24.6. The van der Waals surface area contributed by atoms with Crippen LogP contribution >= 0.6 is 11.6 Å². The van der Waals surface area contributed by atoms with Crippen LogP contribution in [-0.4, -0.2) is 35.6 Å². The standard InChI is InChI=1S/C13H18ClFN2O2/c14-10-3-1-2-9(12(10)15)6-17-13(19)11-4-8(7-18)5-16-11/h1-3,8,11,13,16-19H,4-7H2. The Morgan fingerprint density at radius 2 is 2.32 bits per heavy atom. The summed E-state index contributed by atoms with van der Waals surface area (Å²) >= 11 is 5.69. The lowest BCUT2D eigenvalue weighted by Crippen LogP contribution is -2.44. The van der Waals surface area contributed by atoms with Crippen LogP contribution in [0, 0.1) is 11.7 Å². The van der Waals surface area contributed by atoms with Crippen molar-refractivity contribution in [2.45, 2.75) is 25.2 Å². The van der Waals surface area contributed by atoms with E-state index in [1.807, 2.05) is 0 Å². The molecule has 4 N–H and O–H groups in total. The van der Waals surface area contributed by atoms with Gasteiger partial charge in [0.05, 0.1) is 5.02 Å². The summed E-state index contributed by atoms with van der Waals surface area (Å²) in [5, 5.41) is 25.1. The van der Waals surface area contributed by atoms with Gasteiger partial charge in [-0.3, -0.25) is 5.32 Å². The lowest BCUT2D eigenvalue weighted by Gasteiger charge is -2.20. The van der Waals surface area contributed by atoms with E-state index >= 15 is 0 Å². The van der Waals surface area contributed by atoms with Crippen LogP contribution in [0.25, 0.3) is 0 Å². The summed E-state index contributed by atoms with van der Waals surface area (Å²) in [4.78, 5) is 0. The fourth-order valence-corrected chi connectivity index (χ4v) is 2.46. The van der Waals surface area contributed by atoms with Crippen molar-refractivity contribution in [2.75, 3.05) is 13.2 Å². The molecule has 0 radical (unpaired) electrons. The SMILES string of the molecule is OCC1CNC(C(O)NCc2cccc(Cl)c2F)C1. The molecule has 1 aliphatic heterocycles. The number of halogens is 2. The van der Waals surface area contributed by atoms with E-state index in [1.165, 1.54) is 6.07 Å². The Morgan fingerprint density at radius 1 is 1.53 bits per heavy atom. The monoisotopic (exact) mass is 288 g/mol. The molecule has 3 unspecified atom stereocenters. The third-order valence-corrected chi connectivity index (χ3v) is 3.72. The first-order chi connectivity index (χ1) is 9.11. The summed E-state index contributed by atoms with van der Waals surface area (Å²) in [6.45, 7) is 1.00. The van der Waals surface area contributed by atoms with Gasteiger partial charge in [-0.15, -0.1) is 0 Å². The van der Waals surface area contributed by atoms with Crippen LogP contribution in [0.1, 0.15) is 12.0 Å². The van der Waals surface area contributed by atoms with Crippen LogP contribution in [0.4, 0.5) is 4.39 Å². The molecule has 0 spiro atoms. The minimum Gasteiger partial charge on any atom is -0.396 e. The van der Waals surface area contributed by atoms with Gasteiger partial charge in [-0.1, -0.05) is 23.7 Å². The highest BCUT2D eigenvalue weighted by Gasteiger charge is 2.28. The van der Waals surface area contributed by atoms with Crippen molar-refractivity contribution in [3.8, 4) is 0 Å². The van der Waals surface area contributed by atoms with E-state index in [0.717, 1.165) is 0 Å². The van der Waals surface area contributed by atoms with Crippen LogP contribution in [0.2, 0.25) is 5.02 Å². The zero-order chi connectivity index (χ0) is 13.8. The first-order valence-electron chi connectivity index (χ1n) is 6.30. The molecular formula is C13H18ClFN2O2. The number of aliphatic hydroxyl groups is 2. The Morgan fingerprint density at radius 3 is 3.00 bits per heavy atom. The molecule has 0 aromatic heterocycles. The van der Waals surface area contributed by atoms with Gasteiger partial charge >= 0.3 is 0 Å². The van der Waals surface area contributed by atoms with Crippen molar-refractivity contribution < 1.29 is 14.6 Å². The lowest BCUT2D eigenvalue weighted by atomic mass is 10.1. The maximum absolute atomic E-state index is 13.6. The van der Waals surface area contributed by atoms with Gasteiger partial charge in [0.25, 0.3) is 0 Å². The summed E-state index contributed by atoms with van der Waals surface area (Å²) in [6, 6.07) is 4.66. The highest BCUT2D eigenvalue weighted by molar-refractivity contribution is 6.30. The molecule has 6 heteroatoms. The van der Waals surface area contributed by atoms with E-state index < -0.39 is 12.0 Å². The minimum absolute atomic E-state index is 0.0770. The Balaban J connectivity index is 1.87. The molecule has 1 aromatic carbocycles. The number of benzene rings is 1. The average molecular weight is 289 g/mol. The fourth-order valence-electron chi connectivity index (χ4n) is 2.27. The van der Waals surface area contributed by atoms with Gasteiger partial charge < -0.3 is 15.5 Å². The van der Waals surface area contributed by atoms with Crippen molar-refractivity contribution in [3.05, 3.63) is 34.6 Å². The third-order valence-electron chi connectivity index (χ3n) is 3.43. The van der Waals surface area contributed by atoms with Gasteiger partial charge in [0.15, 0.2) is 0 Å². The van der Waals surface area contributed by atoms with Gasteiger partial charge in [-0.2, -0.15) is 0 Å². The van der Waals surface area contributed by atoms with E-state index in [9.17, 15) is 9.50 Å². The number of nitrogens with one attached hydrogen (secondary N) is 2. The largest absolute Gasteiger partial charge is 0.396 e. The second kappa shape index (κ2) is 6.63. The van der Waals surface area contributed by atoms with Crippen LogP contribution in [0.15, 0.2) is 18.2 Å². The zero-order valence-corrected chi connectivity index (χ0v) is 11.2. The maximum atomic E-state index is 13.6. The molecular weight excluding hydrogens is 271 g/mol. The van der Waals surface area contributed by atoms with Crippen molar-refractivity contribution in [2.24, 2.45) is 5.92 Å². The van der Waals surface area contributed by atoms with E-state index in [0.29, 0.717) is 18.5 Å². The zero-order valence-electron chi connectivity index (χ0n) is 10.4. The second-order valence-electron chi connectivity index (χ2n) is 4.84. The number of hydrogen-bond donors (Lipinski definition) is 4.